The van der Waals surface area contributed by atoms with Gasteiger partial charge in [-0.25, -0.2) is 17.9 Å². The molecule has 0 unspecified atom stereocenters. The van der Waals surface area contributed by atoms with E-state index in [0.717, 1.165) is 18.9 Å². The van der Waals surface area contributed by atoms with Crippen LogP contribution in [0.3, 0.4) is 0 Å². The zero-order valence-corrected chi connectivity index (χ0v) is 16.8. The van der Waals surface area contributed by atoms with E-state index in [-0.39, 0.29) is 22.9 Å². The van der Waals surface area contributed by atoms with E-state index in [9.17, 15) is 31.2 Å². The number of halogens is 3. The SMILES string of the molecule is CCNS(=O)(=O)c1cccc(C(=O)OCC(=O)N(CC(F)(F)F)[C@H](C)C2CC2)c1. The van der Waals surface area contributed by atoms with Crippen molar-refractivity contribution in [2.75, 3.05) is 19.7 Å². The highest BCUT2D eigenvalue weighted by Gasteiger charge is 2.40. The number of sulfonamides is 1. The Morgan fingerprint density at radius 3 is 2.52 bits per heavy atom. The van der Waals surface area contributed by atoms with Gasteiger partial charge in [-0.3, -0.25) is 4.79 Å². The van der Waals surface area contributed by atoms with Crippen LogP contribution < -0.4 is 4.72 Å². The first-order valence-electron chi connectivity index (χ1n) is 9.07. The Kier molecular flexibility index (Phi) is 7.28. The zero-order valence-electron chi connectivity index (χ0n) is 16.0. The van der Waals surface area contributed by atoms with Gasteiger partial charge in [0.25, 0.3) is 5.91 Å². The molecule has 1 aromatic carbocycles. The number of nitrogens with one attached hydrogen (secondary N) is 1. The molecule has 7 nitrogen and oxygen atoms in total. The maximum atomic E-state index is 12.8. The summed E-state index contributed by atoms with van der Waals surface area (Å²) in [5, 5.41) is 0. The van der Waals surface area contributed by atoms with Crippen molar-refractivity contribution in [1.82, 2.24) is 9.62 Å². The summed E-state index contributed by atoms with van der Waals surface area (Å²) in [7, 11) is -3.80. The number of amides is 1. The van der Waals surface area contributed by atoms with E-state index in [1.807, 2.05) is 0 Å². The lowest BCUT2D eigenvalue weighted by Gasteiger charge is -2.30. The predicted molar refractivity (Wildman–Crippen MR) is 97.5 cm³/mol. The van der Waals surface area contributed by atoms with E-state index in [1.54, 1.807) is 6.92 Å². The number of hydrogen-bond acceptors (Lipinski definition) is 5. The largest absolute Gasteiger partial charge is 0.452 e. The molecule has 1 aliphatic carbocycles. The first-order chi connectivity index (χ1) is 13.4. The van der Waals surface area contributed by atoms with E-state index in [0.29, 0.717) is 4.90 Å². The van der Waals surface area contributed by atoms with Crippen molar-refractivity contribution >= 4 is 21.9 Å². The Hall–Kier alpha value is -2.14. The Labute approximate surface area is 167 Å². The molecule has 1 atom stereocenters. The van der Waals surface area contributed by atoms with Crippen LogP contribution in [-0.4, -0.2) is 57.1 Å². The number of esters is 1. The van der Waals surface area contributed by atoms with Gasteiger partial charge in [0, 0.05) is 12.6 Å². The number of nitrogens with zero attached hydrogens (tertiary/aromatic N) is 1. The van der Waals surface area contributed by atoms with E-state index in [4.69, 9.17) is 4.74 Å². The maximum absolute atomic E-state index is 12.8. The van der Waals surface area contributed by atoms with Crippen LogP contribution in [0.1, 0.15) is 37.0 Å². The quantitative estimate of drug-likeness (QED) is 0.600. The third-order valence-corrected chi connectivity index (χ3v) is 6.05. The van der Waals surface area contributed by atoms with E-state index in [1.165, 1.54) is 25.1 Å². The van der Waals surface area contributed by atoms with Gasteiger partial charge >= 0.3 is 12.1 Å². The second-order valence-electron chi connectivity index (χ2n) is 6.82. The fraction of sp³-hybridized carbons (Fsp3) is 0.556. The van der Waals surface area contributed by atoms with Gasteiger partial charge in [0.2, 0.25) is 10.0 Å². The number of carbonyl (C=O) groups is 2. The lowest BCUT2D eigenvalue weighted by Crippen LogP contribution is -2.47. The van der Waals surface area contributed by atoms with Gasteiger partial charge in [-0.05, 0) is 43.9 Å². The molecule has 0 bridgehead atoms. The van der Waals surface area contributed by atoms with Crippen molar-refractivity contribution in [3.05, 3.63) is 29.8 Å². The predicted octanol–water partition coefficient (Wildman–Crippen LogP) is 2.33. The normalized spacial score (nSPS) is 15.6. The molecule has 0 spiro atoms. The molecule has 2 rings (SSSR count). The minimum Gasteiger partial charge on any atom is -0.452 e. The van der Waals surface area contributed by atoms with Crippen LogP contribution in [0.15, 0.2) is 29.2 Å². The molecular weight excluding hydrogens is 413 g/mol. The number of alkyl halides is 3. The fourth-order valence-corrected chi connectivity index (χ4v) is 3.93. The van der Waals surface area contributed by atoms with Crippen LogP contribution in [-0.2, 0) is 19.6 Å². The van der Waals surface area contributed by atoms with Crippen LogP contribution in [0.2, 0.25) is 0 Å². The molecule has 1 amide bonds. The molecule has 0 aliphatic heterocycles. The summed E-state index contributed by atoms with van der Waals surface area (Å²) in [6.07, 6.45) is -3.08. The molecule has 1 N–H and O–H groups in total. The molecule has 29 heavy (non-hydrogen) atoms. The van der Waals surface area contributed by atoms with Crippen LogP contribution in [0, 0.1) is 5.92 Å². The average molecular weight is 436 g/mol. The van der Waals surface area contributed by atoms with Gasteiger partial charge in [0.1, 0.15) is 6.54 Å². The summed E-state index contributed by atoms with van der Waals surface area (Å²) in [6.45, 7) is 1.00. The molecule has 0 aromatic heterocycles. The van der Waals surface area contributed by atoms with Gasteiger partial charge < -0.3 is 9.64 Å². The summed E-state index contributed by atoms with van der Waals surface area (Å²) in [4.78, 5) is 25.0. The molecular formula is C18H23F3N2O5S. The van der Waals surface area contributed by atoms with E-state index < -0.39 is 47.3 Å². The molecule has 0 radical (unpaired) electrons. The zero-order chi connectivity index (χ0) is 21.8. The highest BCUT2D eigenvalue weighted by molar-refractivity contribution is 7.89. The van der Waals surface area contributed by atoms with E-state index >= 15 is 0 Å². The summed E-state index contributed by atoms with van der Waals surface area (Å²) in [5.41, 5.74) is -0.130. The third-order valence-electron chi connectivity index (χ3n) is 4.51. The smallest absolute Gasteiger partial charge is 0.406 e. The van der Waals surface area contributed by atoms with Gasteiger partial charge in [0.15, 0.2) is 6.61 Å². The molecule has 1 saturated carbocycles. The molecule has 1 aliphatic rings. The van der Waals surface area contributed by atoms with Crippen LogP contribution in [0.4, 0.5) is 13.2 Å². The number of hydrogen-bond donors (Lipinski definition) is 1. The monoisotopic (exact) mass is 436 g/mol. The Bertz CT molecular complexity index is 853. The summed E-state index contributed by atoms with van der Waals surface area (Å²) in [5.74, 6) is -1.95. The fourth-order valence-electron chi connectivity index (χ4n) is 2.84. The van der Waals surface area contributed by atoms with Crippen molar-refractivity contribution in [1.29, 1.82) is 0 Å². The van der Waals surface area contributed by atoms with Crippen molar-refractivity contribution in [3.8, 4) is 0 Å². The van der Waals surface area contributed by atoms with E-state index in [2.05, 4.69) is 4.72 Å². The molecule has 1 aromatic rings. The van der Waals surface area contributed by atoms with Crippen molar-refractivity contribution in [2.24, 2.45) is 5.92 Å². The second-order valence-corrected chi connectivity index (χ2v) is 8.59. The maximum Gasteiger partial charge on any atom is 0.406 e. The second kappa shape index (κ2) is 9.12. The summed E-state index contributed by atoms with van der Waals surface area (Å²) in [6, 6.07) is 4.36. The topological polar surface area (TPSA) is 92.8 Å². The van der Waals surface area contributed by atoms with Crippen LogP contribution >= 0.6 is 0 Å². The Morgan fingerprint density at radius 1 is 1.31 bits per heavy atom. The standard InChI is InChI=1S/C18H23F3N2O5S/c1-3-22-29(26,27)15-6-4-5-14(9-15)17(25)28-10-16(24)23(11-18(19,20)21)12(2)13-7-8-13/h4-6,9,12-13,22H,3,7-8,10-11H2,1-2H3/t12-/m1/s1. The first kappa shape index (κ1) is 23.1. The van der Waals surface area contributed by atoms with Gasteiger partial charge in [-0.2, -0.15) is 13.2 Å². The summed E-state index contributed by atoms with van der Waals surface area (Å²) >= 11 is 0. The molecule has 1 fully saturated rings. The Balaban J connectivity index is 2.05. The third kappa shape index (κ3) is 6.70. The van der Waals surface area contributed by atoms with Crippen molar-refractivity contribution in [3.63, 3.8) is 0 Å². The lowest BCUT2D eigenvalue weighted by atomic mass is 10.2. The molecule has 11 heteroatoms. The Morgan fingerprint density at radius 2 is 1.97 bits per heavy atom. The number of rotatable bonds is 9. The molecule has 0 heterocycles. The van der Waals surface area contributed by atoms with Gasteiger partial charge in [0.05, 0.1) is 10.5 Å². The van der Waals surface area contributed by atoms with Gasteiger partial charge in [-0.1, -0.05) is 13.0 Å². The van der Waals surface area contributed by atoms with Crippen LogP contribution in [0.25, 0.3) is 0 Å². The number of ether oxygens (including phenoxy) is 1. The number of benzene rings is 1. The first-order valence-corrected chi connectivity index (χ1v) is 10.6. The van der Waals surface area contributed by atoms with Crippen molar-refractivity contribution in [2.45, 2.75) is 43.8 Å². The highest BCUT2D eigenvalue weighted by atomic mass is 32.2. The minimum atomic E-state index is -4.57. The average Bonchev–Trinajstić information content (AvgIpc) is 3.48. The van der Waals surface area contributed by atoms with Crippen molar-refractivity contribution < 1.29 is 35.9 Å². The highest BCUT2D eigenvalue weighted by Crippen LogP contribution is 2.36. The molecule has 0 saturated heterocycles. The lowest BCUT2D eigenvalue weighted by molar-refractivity contribution is -0.167. The number of carbonyl (C=O) groups excluding carboxylic acids is 2. The summed E-state index contributed by atoms with van der Waals surface area (Å²) < 4.78 is 69.6. The van der Waals surface area contributed by atoms with Crippen LogP contribution in [0.5, 0.6) is 0 Å². The molecule has 162 valence electrons. The van der Waals surface area contributed by atoms with Gasteiger partial charge in [-0.15, -0.1) is 0 Å². The minimum absolute atomic E-state index is 0.00459.